The predicted molar refractivity (Wildman–Crippen MR) is 104 cm³/mol. The van der Waals surface area contributed by atoms with Crippen molar-refractivity contribution in [2.24, 2.45) is 0 Å². The Morgan fingerprint density at radius 1 is 1.27 bits per heavy atom. The van der Waals surface area contributed by atoms with E-state index in [0.29, 0.717) is 29.2 Å². The molecular formula is C18H22ClN3O3S. The number of nitrogens with zero attached hydrogens (tertiary/aromatic N) is 2. The second-order valence-electron chi connectivity index (χ2n) is 5.96. The molecule has 0 aliphatic carbocycles. The average molecular weight is 396 g/mol. The summed E-state index contributed by atoms with van der Waals surface area (Å²) in [6.07, 6.45) is 5.14. The van der Waals surface area contributed by atoms with Crippen LogP contribution in [0, 0.1) is 6.92 Å². The molecule has 0 saturated carbocycles. The zero-order valence-corrected chi connectivity index (χ0v) is 16.3. The number of pyridine rings is 1. The number of benzene rings is 1. The summed E-state index contributed by atoms with van der Waals surface area (Å²) in [6, 6.07) is 8.82. The molecule has 0 fully saturated rings. The molecule has 2 aromatic rings. The summed E-state index contributed by atoms with van der Waals surface area (Å²) in [6.45, 7) is 2.38. The number of hydrogen-bond acceptors (Lipinski definition) is 4. The molecule has 2 rings (SSSR count). The van der Waals surface area contributed by atoms with Gasteiger partial charge in [-0.05, 0) is 42.7 Å². The minimum Gasteiger partial charge on any atom is -0.352 e. The summed E-state index contributed by atoms with van der Waals surface area (Å²) in [5.74, 6) is -0.134. The molecule has 1 N–H and O–H groups in total. The van der Waals surface area contributed by atoms with E-state index in [1.807, 2.05) is 6.07 Å². The standard InChI is InChI=1S/C18H22ClN3O3S/c1-14-16(19)7-3-8-17(14)22(26(2,24)25)11-5-9-18(23)21-13-15-6-4-10-20-12-15/h3-4,6-8,10,12H,5,9,11,13H2,1-2H3,(H,21,23). The quantitative estimate of drug-likeness (QED) is 0.745. The number of carbonyl (C=O) groups excluding carboxylic acids is 1. The van der Waals surface area contributed by atoms with Crippen LogP contribution in [0.25, 0.3) is 0 Å². The second kappa shape index (κ2) is 9.00. The number of halogens is 1. The van der Waals surface area contributed by atoms with Crippen molar-refractivity contribution >= 4 is 33.2 Å². The van der Waals surface area contributed by atoms with Gasteiger partial charge >= 0.3 is 0 Å². The Kier molecular flexibility index (Phi) is 6.99. The first-order chi connectivity index (χ1) is 12.3. The molecule has 0 aliphatic heterocycles. The van der Waals surface area contributed by atoms with Gasteiger partial charge in [0.05, 0.1) is 11.9 Å². The van der Waals surface area contributed by atoms with Crippen molar-refractivity contribution in [1.82, 2.24) is 10.3 Å². The molecule has 0 saturated heterocycles. The Morgan fingerprint density at radius 2 is 2.04 bits per heavy atom. The van der Waals surface area contributed by atoms with Crippen LogP contribution in [-0.4, -0.2) is 32.1 Å². The fraction of sp³-hybridized carbons (Fsp3) is 0.333. The fourth-order valence-electron chi connectivity index (χ4n) is 2.51. The smallest absolute Gasteiger partial charge is 0.232 e. The molecule has 140 valence electrons. The summed E-state index contributed by atoms with van der Waals surface area (Å²) in [4.78, 5) is 16.0. The van der Waals surface area contributed by atoms with E-state index in [9.17, 15) is 13.2 Å². The topological polar surface area (TPSA) is 79.4 Å². The largest absolute Gasteiger partial charge is 0.352 e. The molecule has 1 heterocycles. The molecule has 0 atom stereocenters. The summed E-state index contributed by atoms with van der Waals surface area (Å²) < 4.78 is 25.6. The van der Waals surface area contributed by atoms with E-state index in [1.165, 1.54) is 4.31 Å². The van der Waals surface area contributed by atoms with Crippen molar-refractivity contribution < 1.29 is 13.2 Å². The van der Waals surface area contributed by atoms with Gasteiger partial charge in [-0.25, -0.2) is 8.42 Å². The maximum Gasteiger partial charge on any atom is 0.232 e. The Hall–Kier alpha value is -2.12. The first-order valence-electron chi connectivity index (χ1n) is 8.17. The minimum absolute atomic E-state index is 0.134. The predicted octanol–water partition coefficient (Wildman–Crippen LogP) is 2.91. The Morgan fingerprint density at radius 3 is 2.69 bits per heavy atom. The molecule has 1 aromatic heterocycles. The van der Waals surface area contributed by atoms with Gasteiger partial charge in [0.25, 0.3) is 0 Å². The molecular weight excluding hydrogens is 374 g/mol. The van der Waals surface area contributed by atoms with Crippen molar-refractivity contribution in [2.75, 3.05) is 17.1 Å². The van der Waals surface area contributed by atoms with Crippen LogP contribution in [0.5, 0.6) is 0 Å². The van der Waals surface area contributed by atoms with Gasteiger partial charge in [-0.15, -0.1) is 0 Å². The maximum absolute atomic E-state index is 12.2. The summed E-state index contributed by atoms with van der Waals surface area (Å²) in [7, 11) is -3.48. The maximum atomic E-state index is 12.2. The van der Waals surface area contributed by atoms with Gasteiger partial charge < -0.3 is 5.32 Å². The third-order valence-corrected chi connectivity index (χ3v) is 5.48. The number of anilines is 1. The monoisotopic (exact) mass is 395 g/mol. The lowest BCUT2D eigenvalue weighted by atomic mass is 10.2. The summed E-state index contributed by atoms with van der Waals surface area (Å²) in [5.41, 5.74) is 2.14. The Balaban J connectivity index is 1.94. The highest BCUT2D eigenvalue weighted by Gasteiger charge is 2.20. The van der Waals surface area contributed by atoms with E-state index in [0.717, 1.165) is 11.8 Å². The van der Waals surface area contributed by atoms with E-state index < -0.39 is 10.0 Å². The third-order valence-electron chi connectivity index (χ3n) is 3.89. The molecule has 1 amide bonds. The number of nitrogens with one attached hydrogen (secondary N) is 1. The van der Waals surface area contributed by atoms with E-state index >= 15 is 0 Å². The third kappa shape index (κ3) is 5.71. The molecule has 0 bridgehead atoms. The molecule has 26 heavy (non-hydrogen) atoms. The normalized spacial score (nSPS) is 11.2. The second-order valence-corrected chi connectivity index (χ2v) is 8.27. The Bertz CT molecular complexity index is 857. The molecule has 0 spiro atoms. The number of amides is 1. The number of carbonyl (C=O) groups is 1. The SMILES string of the molecule is Cc1c(Cl)cccc1N(CCCC(=O)NCc1cccnc1)S(C)(=O)=O. The van der Waals surface area contributed by atoms with E-state index in [1.54, 1.807) is 43.6 Å². The van der Waals surface area contributed by atoms with Crippen LogP contribution >= 0.6 is 11.6 Å². The van der Waals surface area contributed by atoms with Crippen LogP contribution in [0.15, 0.2) is 42.7 Å². The van der Waals surface area contributed by atoms with Crippen molar-refractivity contribution in [3.63, 3.8) is 0 Å². The van der Waals surface area contributed by atoms with Gasteiger partial charge in [-0.2, -0.15) is 0 Å². The number of rotatable bonds is 8. The van der Waals surface area contributed by atoms with E-state index in [4.69, 9.17) is 11.6 Å². The van der Waals surface area contributed by atoms with Crippen molar-refractivity contribution in [3.8, 4) is 0 Å². The van der Waals surface area contributed by atoms with Gasteiger partial charge in [-0.1, -0.05) is 23.7 Å². The van der Waals surface area contributed by atoms with Crippen LogP contribution in [0.2, 0.25) is 5.02 Å². The molecule has 0 aliphatic rings. The van der Waals surface area contributed by atoms with Crippen LogP contribution in [-0.2, 0) is 21.4 Å². The number of aromatic nitrogens is 1. The first kappa shape index (κ1) is 20.2. The summed E-state index contributed by atoms with van der Waals surface area (Å²) in [5, 5.41) is 3.31. The molecule has 8 heteroatoms. The highest BCUT2D eigenvalue weighted by molar-refractivity contribution is 7.92. The summed E-state index contributed by atoms with van der Waals surface area (Å²) >= 11 is 6.10. The highest BCUT2D eigenvalue weighted by Crippen LogP contribution is 2.28. The Labute approximate surface area is 159 Å². The zero-order valence-electron chi connectivity index (χ0n) is 14.8. The molecule has 6 nitrogen and oxygen atoms in total. The fourth-order valence-corrected chi connectivity index (χ4v) is 3.69. The minimum atomic E-state index is -3.48. The van der Waals surface area contributed by atoms with Gasteiger partial charge in [0.2, 0.25) is 15.9 Å². The first-order valence-corrected chi connectivity index (χ1v) is 10.4. The van der Waals surface area contributed by atoms with Crippen LogP contribution < -0.4 is 9.62 Å². The number of sulfonamides is 1. The van der Waals surface area contributed by atoms with Crippen LogP contribution in [0.4, 0.5) is 5.69 Å². The lowest BCUT2D eigenvalue weighted by Crippen LogP contribution is -2.32. The van der Waals surface area contributed by atoms with Crippen LogP contribution in [0.1, 0.15) is 24.0 Å². The number of hydrogen-bond donors (Lipinski definition) is 1. The van der Waals surface area contributed by atoms with E-state index in [2.05, 4.69) is 10.3 Å². The molecule has 1 aromatic carbocycles. The highest BCUT2D eigenvalue weighted by atomic mass is 35.5. The molecule has 0 radical (unpaired) electrons. The zero-order chi connectivity index (χ0) is 19.2. The molecule has 0 unspecified atom stereocenters. The van der Waals surface area contributed by atoms with Gasteiger partial charge in [-0.3, -0.25) is 14.1 Å². The van der Waals surface area contributed by atoms with E-state index in [-0.39, 0.29) is 18.9 Å². The lowest BCUT2D eigenvalue weighted by Gasteiger charge is -2.24. The lowest BCUT2D eigenvalue weighted by molar-refractivity contribution is -0.121. The van der Waals surface area contributed by atoms with Crippen LogP contribution in [0.3, 0.4) is 0 Å². The van der Waals surface area contributed by atoms with Crippen molar-refractivity contribution in [2.45, 2.75) is 26.3 Å². The van der Waals surface area contributed by atoms with Crippen molar-refractivity contribution in [1.29, 1.82) is 0 Å². The van der Waals surface area contributed by atoms with Gasteiger partial charge in [0, 0.05) is 36.9 Å². The van der Waals surface area contributed by atoms with Crippen molar-refractivity contribution in [3.05, 3.63) is 58.9 Å². The van der Waals surface area contributed by atoms with Gasteiger partial charge in [0.15, 0.2) is 0 Å². The average Bonchev–Trinajstić information content (AvgIpc) is 2.60. The van der Waals surface area contributed by atoms with Gasteiger partial charge in [0.1, 0.15) is 0 Å².